The van der Waals surface area contributed by atoms with Crippen molar-refractivity contribution in [2.45, 2.75) is 19.4 Å². The Balaban J connectivity index is 1.71. The van der Waals surface area contributed by atoms with E-state index in [9.17, 15) is 14.0 Å². The molecule has 2 amide bonds. The summed E-state index contributed by atoms with van der Waals surface area (Å²) in [5.41, 5.74) is 1.23. The van der Waals surface area contributed by atoms with Gasteiger partial charge in [-0.2, -0.15) is 0 Å². The molecule has 5 nitrogen and oxygen atoms in total. The van der Waals surface area contributed by atoms with Crippen LogP contribution in [0.25, 0.3) is 0 Å². The molecular formula is C17H14ClFN2O3. The maximum atomic E-state index is 13.6. The van der Waals surface area contributed by atoms with Crippen LogP contribution in [0.4, 0.5) is 15.8 Å². The van der Waals surface area contributed by atoms with E-state index in [-0.39, 0.29) is 11.6 Å². The Hall–Kier alpha value is -2.60. The number of ether oxygens (including phenoxy) is 1. The van der Waals surface area contributed by atoms with Gasteiger partial charge in [0.05, 0.1) is 5.69 Å². The van der Waals surface area contributed by atoms with Gasteiger partial charge in [0.25, 0.3) is 5.91 Å². The standard InChI is InChI=1S/C17H14ClFN2O3/c1-9(22)20-14-8-12(3-4-13(14)19)21-17(23)16-7-10-6-11(18)2-5-15(10)24-16/h2-6,8,16H,7H2,1H3,(H,20,22)(H,21,23). The maximum Gasteiger partial charge on any atom is 0.265 e. The van der Waals surface area contributed by atoms with Crippen LogP contribution in [-0.2, 0) is 16.0 Å². The van der Waals surface area contributed by atoms with Crippen molar-refractivity contribution in [1.82, 2.24) is 0 Å². The minimum atomic E-state index is -0.687. The summed E-state index contributed by atoms with van der Waals surface area (Å²) in [4.78, 5) is 23.4. The number of carbonyl (C=O) groups is 2. The number of nitrogens with one attached hydrogen (secondary N) is 2. The van der Waals surface area contributed by atoms with E-state index < -0.39 is 17.8 Å². The Labute approximate surface area is 142 Å². The van der Waals surface area contributed by atoms with E-state index in [1.165, 1.54) is 25.1 Å². The highest BCUT2D eigenvalue weighted by molar-refractivity contribution is 6.30. The van der Waals surface area contributed by atoms with E-state index in [1.807, 2.05) is 0 Å². The zero-order valence-electron chi connectivity index (χ0n) is 12.7. The zero-order chi connectivity index (χ0) is 17.3. The predicted molar refractivity (Wildman–Crippen MR) is 88.9 cm³/mol. The van der Waals surface area contributed by atoms with Crippen molar-refractivity contribution in [1.29, 1.82) is 0 Å². The number of benzene rings is 2. The molecule has 0 aromatic heterocycles. The molecule has 0 spiro atoms. The normalized spacial score (nSPS) is 15.4. The lowest BCUT2D eigenvalue weighted by molar-refractivity contribution is -0.122. The molecule has 1 atom stereocenters. The van der Waals surface area contributed by atoms with Crippen molar-refractivity contribution in [2.24, 2.45) is 0 Å². The number of carbonyl (C=O) groups excluding carboxylic acids is 2. The maximum absolute atomic E-state index is 13.6. The number of amides is 2. The van der Waals surface area contributed by atoms with Crippen LogP contribution in [0.2, 0.25) is 5.02 Å². The number of fused-ring (bicyclic) bond motifs is 1. The zero-order valence-corrected chi connectivity index (χ0v) is 13.5. The van der Waals surface area contributed by atoms with Gasteiger partial charge in [-0.25, -0.2) is 4.39 Å². The Kier molecular flexibility index (Phi) is 4.40. The summed E-state index contributed by atoms with van der Waals surface area (Å²) >= 11 is 5.93. The third kappa shape index (κ3) is 3.49. The van der Waals surface area contributed by atoms with E-state index in [1.54, 1.807) is 18.2 Å². The van der Waals surface area contributed by atoms with Gasteiger partial charge in [-0.1, -0.05) is 11.6 Å². The van der Waals surface area contributed by atoms with E-state index >= 15 is 0 Å². The Morgan fingerprint density at radius 2 is 2.00 bits per heavy atom. The van der Waals surface area contributed by atoms with Crippen LogP contribution in [-0.4, -0.2) is 17.9 Å². The van der Waals surface area contributed by atoms with Crippen LogP contribution < -0.4 is 15.4 Å². The molecule has 2 N–H and O–H groups in total. The summed E-state index contributed by atoms with van der Waals surface area (Å²) in [5.74, 6) is -0.716. The number of halogens is 2. The molecule has 1 heterocycles. The van der Waals surface area contributed by atoms with Crippen molar-refractivity contribution >= 4 is 34.8 Å². The first-order chi connectivity index (χ1) is 11.4. The van der Waals surface area contributed by atoms with Crippen molar-refractivity contribution in [3.8, 4) is 5.75 Å². The van der Waals surface area contributed by atoms with Crippen molar-refractivity contribution < 1.29 is 18.7 Å². The summed E-state index contributed by atoms with van der Waals surface area (Å²) in [6.45, 7) is 1.28. The Morgan fingerprint density at radius 1 is 1.21 bits per heavy atom. The predicted octanol–water partition coefficient (Wildman–Crippen LogP) is 3.38. The second-order valence-corrected chi connectivity index (χ2v) is 5.86. The van der Waals surface area contributed by atoms with Gasteiger partial charge in [0.2, 0.25) is 5.91 Å². The lowest BCUT2D eigenvalue weighted by atomic mass is 10.1. The lowest BCUT2D eigenvalue weighted by Gasteiger charge is -2.12. The molecule has 1 aliphatic heterocycles. The molecular weight excluding hydrogens is 335 g/mol. The van der Waals surface area contributed by atoms with Gasteiger partial charge < -0.3 is 15.4 Å². The van der Waals surface area contributed by atoms with Gasteiger partial charge in [-0.3, -0.25) is 9.59 Å². The first-order valence-electron chi connectivity index (χ1n) is 7.25. The summed E-state index contributed by atoms with van der Waals surface area (Å²) in [5, 5.41) is 5.61. The van der Waals surface area contributed by atoms with E-state index in [0.717, 1.165) is 5.56 Å². The Bertz CT molecular complexity index is 825. The van der Waals surface area contributed by atoms with Crippen LogP contribution in [0.5, 0.6) is 5.75 Å². The van der Waals surface area contributed by atoms with Gasteiger partial charge in [-0.05, 0) is 42.0 Å². The van der Waals surface area contributed by atoms with Crippen LogP contribution in [0, 0.1) is 5.82 Å². The van der Waals surface area contributed by atoms with E-state index in [2.05, 4.69) is 10.6 Å². The first kappa shape index (κ1) is 16.3. The largest absolute Gasteiger partial charge is 0.480 e. The molecule has 24 heavy (non-hydrogen) atoms. The highest BCUT2D eigenvalue weighted by atomic mass is 35.5. The number of anilines is 2. The first-order valence-corrected chi connectivity index (χ1v) is 7.63. The van der Waals surface area contributed by atoms with Crippen LogP contribution in [0.1, 0.15) is 12.5 Å². The molecule has 0 saturated heterocycles. The SMILES string of the molecule is CC(=O)Nc1cc(NC(=O)C2Cc3cc(Cl)ccc3O2)ccc1F. The Morgan fingerprint density at radius 3 is 2.75 bits per heavy atom. The summed E-state index contributed by atoms with van der Waals surface area (Å²) in [6, 6.07) is 9.12. The smallest absolute Gasteiger partial charge is 0.265 e. The summed E-state index contributed by atoms with van der Waals surface area (Å²) in [6.07, 6.45) is -0.283. The minimum absolute atomic E-state index is 0.00251. The average molecular weight is 349 g/mol. The third-order valence-corrected chi connectivity index (χ3v) is 3.77. The van der Waals surface area contributed by atoms with E-state index in [0.29, 0.717) is 22.9 Å². The minimum Gasteiger partial charge on any atom is -0.480 e. The molecule has 1 aliphatic rings. The van der Waals surface area contributed by atoms with Gasteiger partial charge >= 0.3 is 0 Å². The molecule has 0 aliphatic carbocycles. The van der Waals surface area contributed by atoms with Crippen molar-refractivity contribution in [3.63, 3.8) is 0 Å². The number of rotatable bonds is 3. The second kappa shape index (κ2) is 6.49. The molecule has 2 aromatic rings. The van der Waals surface area contributed by atoms with Gasteiger partial charge in [0.15, 0.2) is 6.10 Å². The monoisotopic (exact) mass is 348 g/mol. The van der Waals surface area contributed by atoms with Gasteiger partial charge in [0, 0.05) is 24.1 Å². The lowest BCUT2D eigenvalue weighted by Crippen LogP contribution is -2.31. The van der Waals surface area contributed by atoms with Gasteiger partial charge in [-0.15, -0.1) is 0 Å². The fourth-order valence-corrected chi connectivity index (χ4v) is 2.67. The molecule has 2 aromatic carbocycles. The second-order valence-electron chi connectivity index (χ2n) is 5.43. The van der Waals surface area contributed by atoms with E-state index in [4.69, 9.17) is 16.3 Å². The molecule has 7 heteroatoms. The number of hydrogen-bond acceptors (Lipinski definition) is 3. The quantitative estimate of drug-likeness (QED) is 0.893. The molecule has 0 bridgehead atoms. The topological polar surface area (TPSA) is 67.4 Å². The molecule has 0 radical (unpaired) electrons. The molecule has 124 valence electrons. The molecule has 0 fully saturated rings. The van der Waals surface area contributed by atoms with Crippen molar-refractivity contribution in [3.05, 3.63) is 52.8 Å². The summed E-state index contributed by atoms with van der Waals surface area (Å²) < 4.78 is 19.2. The van der Waals surface area contributed by atoms with Crippen LogP contribution in [0.3, 0.4) is 0 Å². The highest BCUT2D eigenvalue weighted by Crippen LogP contribution is 2.31. The average Bonchev–Trinajstić information content (AvgIpc) is 2.93. The summed E-state index contributed by atoms with van der Waals surface area (Å²) in [7, 11) is 0. The molecule has 0 saturated carbocycles. The van der Waals surface area contributed by atoms with Crippen LogP contribution in [0.15, 0.2) is 36.4 Å². The highest BCUT2D eigenvalue weighted by Gasteiger charge is 2.29. The van der Waals surface area contributed by atoms with Crippen molar-refractivity contribution in [2.75, 3.05) is 10.6 Å². The fraction of sp³-hybridized carbons (Fsp3) is 0.176. The molecule has 1 unspecified atom stereocenters. The fourth-order valence-electron chi connectivity index (χ4n) is 2.47. The number of hydrogen-bond donors (Lipinski definition) is 2. The van der Waals surface area contributed by atoms with Gasteiger partial charge in [0.1, 0.15) is 11.6 Å². The molecule has 3 rings (SSSR count). The third-order valence-electron chi connectivity index (χ3n) is 3.53. The van der Waals surface area contributed by atoms with Crippen LogP contribution >= 0.6 is 11.6 Å².